The summed E-state index contributed by atoms with van der Waals surface area (Å²) < 4.78 is 4.51. The first-order chi connectivity index (χ1) is 7.60. The highest BCUT2D eigenvalue weighted by Gasteiger charge is 2.20. The molecule has 0 fully saturated rings. The third kappa shape index (κ3) is 3.01. The number of rotatable bonds is 5. The Bertz CT molecular complexity index is 352. The molecule has 1 rings (SSSR count). The largest absolute Gasteiger partial charge is 0.464 e. The summed E-state index contributed by atoms with van der Waals surface area (Å²) in [7, 11) is 1.27. The van der Waals surface area contributed by atoms with Crippen LogP contribution in [0, 0.1) is 0 Å². The van der Waals surface area contributed by atoms with E-state index in [-0.39, 0.29) is 5.69 Å². The van der Waals surface area contributed by atoms with Gasteiger partial charge in [0.15, 0.2) is 0 Å². The quantitative estimate of drug-likeness (QED) is 0.450. The molecular weight excluding hydrogens is 230 g/mol. The minimum Gasteiger partial charge on any atom is -0.464 e. The molecule has 0 bridgehead atoms. The van der Waals surface area contributed by atoms with E-state index in [2.05, 4.69) is 22.3 Å². The molecule has 2 atom stereocenters. The van der Waals surface area contributed by atoms with Crippen LogP contribution in [0.1, 0.15) is 28.6 Å². The number of ether oxygens (including phenoxy) is 1. The average Bonchev–Trinajstić information content (AvgIpc) is 2.76. The summed E-state index contributed by atoms with van der Waals surface area (Å²) in [6.45, 7) is 0. The van der Waals surface area contributed by atoms with Gasteiger partial charge in [0, 0.05) is 11.8 Å². The molecule has 0 aliphatic heterocycles. The molecule has 6 heteroatoms. The van der Waals surface area contributed by atoms with E-state index in [4.69, 9.17) is 0 Å². The van der Waals surface area contributed by atoms with Crippen molar-refractivity contribution in [2.45, 2.75) is 18.6 Å². The maximum atomic E-state index is 11.1. The van der Waals surface area contributed by atoms with E-state index in [1.54, 1.807) is 0 Å². The lowest BCUT2D eigenvalue weighted by Gasteiger charge is -2.15. The van der Waals surface area contributed by atoms with Crippen molar-refractivity contribution >= 4 is 18.6 Å². The Labute approximate surface area is 98.8 Å². The van der Waals surface area contributed by atoms with Gasteiger partial charge >= 0.3 is 5.97 Å². The predicted octanol–water partition coefficient (Wildman–Crippen LogP) is 0.515. The van der Waals surface area contributed by atoms with Crippen molar-refractivity contribution in [2.24, 2.45) is 0 Å². The van der Waals surface area contributed by atoms with Crippen LogP contribution in [-0.4, -0.2) is 40.1 Å². The molecule has 16 heavy (non-hydrogen) atoms. The van der Waals surface area contributed by atoms with Crippen molar-refractivity contribution < 1.29 is 19.7 Å². The second-order valence-corrected chi connectivity index (χ2v) is 3.81. The summed E-state index contributed by atoms with van der Waals surface area (Å²) in [5.74, 6) is -0.0332. The topological polar surface area (TPSA) is 82.6 Å². The average molecular weight is 245 g/mol. The Kier molecular flexibility index (Phi) is 4.85. The molecule has 5 nitrogen and oxygen atoms in total. The zero-order chi connectivity index (χ0) is 12.1. The summed E-state index contributed by atoms with van der Waals surface area (Å²) in [4.78, 5) is 13.8. The van der Waals surface area contributed by atoms with Crippen LogP contribution in [0.3, 0.4) is 0 Å². The van der Waals surface area contributed by atoms with Gasteiger partial charge in [0.2, 0.25) is 0 Å². The zero-order valence-electron chi connectivity index (χ0n) is 8.88. The van der Waals surface area contributed by atoms with Gasteiger partial charge in [0.25, 0.3) is 0 Å². The van der Waals surface area contributed by atoms with Gasteiger partial charge in [-0.15, -0.1) is 0 Å². The van der Waals surface area contributed by atoms with Crippen LogP contribution < -0.4 is 0 Å². The molecule has 0 saturated carbocycles. The molecule has 1 aromatic rings. The van der Waals surface area contributed by atoms with Gasteiger partial charge in [0.1, 0.15) is 11.8 Å². The normalized spacial score (nSPS) is 14.5. The highest BCUT2D eigenvalue weighted by Crippen LogP contribution is 2.20. The Morgan fingerprint density at radius 2 is 2.31 bits per heavy atom. The van der Waals surface area contributed by atoms with E-state index in [1.165, 1.54) is 19.4 Å². The number of esters is 1. The van der Waals surface area contributed by atoms with Gasteiger partial charge in [-0.3, -0.25) is 0 Å². The predicted molar refractivity (Wildman–Crippen MR) is 61.6 cm³/mol. The second-order valence-electron chi connectivity index (χ2n) is 3.36. The molecule has 0 aliphatic carbocycles. The van der Waals surface area contributed by atoms with Crippen molar-refractivity contribution in [3.8, 4) is 0 Å². The Balaban J connectivity index is 2.73. The van der Waals surface area contributed by atoms with Crippen LogP contribution in [0.5, 0.6) is 0 Å². The maximum absolute atomic E-state index is 11.1. The van der Waals surface area contributed by atoms with E-state index >= 15 is 0 Å². The molecular formula is C10H15NO4S. The minimum atomic E-state index is -1.03. The number of hydrogen-bond acceptors (Lipinski definition) is 5. The van der Waals surface area contributed by atoms with Gasteiger partial charge in [0.05, 0.1) is 13.2 Å². The zero-order valence-corrected chi connectivity index (χ0v) is 9.78. The van der Waals surface area contributed by atoms with Crippen LogP contribution >= 0.6 is 12.6 Å². The van der Waals surface area contributed by atoms with E-state index in [0.29, 0.717) is 17.7 Å². The maximum Gasteiger partial charge on any atom is 0.354 e. The fourth-order valence-electron chi connectivity index (χ4n) is 1.32. The molecule has 2 unspecified atom stereocenters. The highest BCUT2D eigenvalue weighted by molar-refractivity contribution is 7.80. The lowest BCUT2D eigenvalue weighted by atomic mass is 10.1. The van der Waals surface area contributed by atoms with Crippen molar-refractivity contribution in [1.82, 2.24) is 4.98 Å². The molecule has 0 amide bonds. The number of H-pyrrole nitrogens is 1. The van der Waals surface area contributed by atoms with Crippen molar-refractivity contribution in [2.75, 3.05) is 12.9 Å². The number of aliphatic hydroxyl groups excluding tert-OH is 2. The number of nitrogens with one attached hydrogen (secondary N) is 1. The monoisotopic (exact) mass is 245 g/mol. The summed E-state index contributed by atoms with van der Waals surface area (Å²) >= 11 is 3.97. The van der Waals surface area contributed by atoms with Crippen LogP contribution in [0.2, 0.25) is 0 Å². The molecule has 0 saturated heterocycles. The number of carbonyl (C=O) groups excluding carboxylic acids is 1. The summed E-state index contributed by atoms with van der Waals surface area (Å²) in [6, 6.07) is 1.46. The molecule has 1 aromatic heterocycles. The van der Waals surface area contributed by atoms with E-state index in [1.807, 2.05) is 0 Å². The number of thiol groups is 1. The number of carbonyl (C=O) groups is 1. The number of hydrogen-bond donors (Lipinski definition) is 4. The van der Waals surface area contributed by atoms with Crippen molar-refractivity contribution in [3.63, 3.8) is 0 Å². The first-order valence-corrected chi connectivity index (χ1v) is 5.47. The van der Waals surface area contributed by atoms with E-state index in [9.17, 15) is 15.0 Å². The fraction of sp³-hybridized carbons (Fsp3) is 0.500. The third-order valence-corrected chi connectivity index (χ3v) is 2.50. The van der Waals surface area contributed by atoms with Gasteiger partial charge in [-0.2, -0.15) is 12.6 Å². The molecule has 90 valence electrons. The van der Waals surface area contributed by atoms with E-state index < -0.39 is 18.2 Å². The minimum absolute atomic E-state index is 0.245. The van der Waals surface area contributed by atoms with Crippen LogP contribution in [0.4, 0.5) is 0 Å². The second kappa shape index (κ2) is 5.93. The number of aromatic nitrogens is 1. The first kappa shape index (κ1) is 13.1. The SMILES string of the molecule is COC(=O)c1cc(C(O)C(O)CCS)c[nH]1. The van der Waals surface area contributed by atoms with Gasteiger partial charge in [-0.25, -0.2) is 4.79 Å². The van der Waals surface area contributed by atoms with Crippen LogP contribution in [0.15, 0.2) is 12.3 Å². The standard InChI is InChI=1S/C10H15NO4S/c1-15-10(14)7-4-6(5-11-7)9(13)8(12)2-3-16/h4-5,8-9,11-13,16H,2-3H2,1H3. The van der Waals surface area contributed by atoms with Crippen molar-refractivity contribution in [1.29, 1.82) is 0 Å². The molecule has 0 aliphatic rings. The summed E-state index contributed by atoms with van der Waals surface area (Å²) in [5, 5.41) is 19.3. The number of aliphatic hydroxyl groups is 2. The Morgan fingerprint density at radius 1 is 1.62 bits per heavy atom. The number of aromatic amines is 1. The van der Waals surface area contributed by atoms with Gasteiger partial charge in [-0.05, 0) is 18.2 Å². The molecule has 0 spiro atoms. The Morgan fingerprint density at radius 3 is 2.88 bits per heavy atom. The lowest BCUT2D eigenvalue weighted by molar-refractivity contribution is 0.0173. The third-order valence-electron chi connectivity index (χ3n) is 2.24. The smallest absolute Gasteiger partial charge is 0.354 e. The molecule has 1 heterocycles. The van der Waals surface area contributed by atoms with E-state index in [0.717, 1.165) is 0 Å². The summed E-state index contributed by atoms with van der Waals surface area (Å²) in [5.41, 5.74) is 0.698. The molecule has 0 radical (unpaired) electrons. The Hall–Kier alpha value is -0.980. The van der Waals surface area contributed by atoms with Crippen LogP contribution in [-0.2, 0) is 4.74 Å². The van der Waals surface area contributed by atoms with Crippen molar-refractivity contribution in [3.05, 3.63) is 23.5 Å². The summed E-state index contributed by atoms with van der Waals surface area (Å²) in [6.07, 6.45) is -0.0672. The highest BCUT2D eigenvalue weighted by atomic mass is 32.1. The van der Waals surface area contributed by atoms with Gasteiger partial charge < -0.3 is 19.9 Å². The lowest BCUT2D eigenvalue weighted by Crippen LogP contribution is -2.18. The van der Waals surface area contributed by atoms with Crippen LogP contribution in [0.25, 0.3) is 0 Å². The van der Waals surface area contributed by atoms with Gasteiger partial charge in [-0.1, -0.05) is 0 Å². The molecule has 0 aromatic carbocycles. The fourth-order valence-corrected chi connectivity index (χ4v) is 1.59. The first-order valence-electron chi connectivity index (χ1n) is 4.83. The number of methoxy groups -OCH3 is 1. The molecule has 3 N–H and O–H groups in total.